The van der Waals surface area contributed by atoms with Crippen molar-refractivity contribution in [1.29, 1.82) is 0 Å². The Morgan fingerprint density at radius 3 is 2.81 bits per heavy atom. The molecule has 1 aromatic heterocycles. The number of aromatic amines is 1. The number of aryl methyl sites for hydroxylation is 1. The number of carbonyl (C=O) groups excluding carboxylic acids is 1. The number of amides is 1. The molecule has 112 valence electrons. The topological polar surface area (TPSA) is 67.0 Å². The molecular formula is C15H18FN3O2. The first-order chi connectivity index (χ1) is 10.1. The second kappa shape index (κ2) is 6.88. The molecule has 1 heterocycles. The van der Waals surface area contributed by atoms with E-state index in [-0.39, 0.29) is 11.7 Å². The number of rotatable bonds is 6. The molecule has 6 heteroatoms. The highest BCUT2D eigenvalue weighted by Crippen LogP contribution is 2.14. The molecule has 0 spiro atoms. The second-order valence-corrected chi connectivity index (χ2v) is 4.73. The first-order valence-electron chi connectivity index (χ1n) is 6.86. The van der Waals surface area contributed by atoms with Crippen LogP contribution in [0.3, 0.4) is 0 Å². The molecule has 2 aromatic rings. The smallest absolute Gasteiger partial charge is 0.266 e. The highest BCUT2D eigenvalue weighted by molar-refractivity contribution is 5.93. The second-order valence-electron chi connectivity index (χ2n) is 4.73. The molecule has 0 aliphatic carbocycles. The Labute approximate surface area is 122 Å². The van der Waals surface area contributed by atoms with Gasteiger partial charge in [0.2, 0.25) is 0 Å². The van der Waals surface area contributed by atoms with E-state index >= 15 is 0 Å². The average molecular weight is 291 g/mol. The summed E-state index contributed by atoms with van der Waals surface area (Å²) in [5.74, 6) is 0.249. The van der Waals surface area contributed by atoms with Gasteiger partial charge in [-0.3, -0.25) is 9.89 Å². The molecule has 5 nitrogen and oxygen atoms in total. The largest absolute Gasteiger partial charge is 0.481 e. The van der Waals surface area contributed by atoms with E-state index in [0.29, 0.717) is 11.6 Å². The molecule has 0 aliphatic rings. The number of benzene rings is 1. The van der Waals surface area contributed by atoms with Crippen LogP contribution < -0.4 is 10.1 Å². The minimum Gasteiger partial charge on any atom is -0.481 e. The molecule has 21 heavy (non-hydrogen) atoms. The summed E-state index contributed by atoms with van der Waals surface area (Å²) in [6.07, 6.45) is 1.17. The van der Waals surface area contributed by atoms with E-state index in [1.165, 1.54) is 24.3 Å². The highest BCUT2D eigenvalue weighted by atomic mass is 19.1. The molecule has 0 saturated heterocycles. The van der Waals surface area contributed by atoms with Crippen LogP contribution in [-0.4, -0.2) is 22.2 Å². The Morgan fingerprint density at radius 2 is 2.14 bits per heavy atom. The number of hydrogen-bond acceptors (Lipinski definition) is 3. The summed E-state index contributed by atoms with van der Waals surface area (Å²) in [7, 11) is 0. The summed E-state index contributed by atoms with van der Waals surface area (Å²) in [4.78, 5) is 12.0. The third-order valence-electron chi connectivity index (χ3n) is 2.90. The fourth-order valence-electron chi connectivity index (χ4n) is 1.82. The highest BCUT2D eigenvalue weighted by Gasteiger charge is 2.16. The van der Waals surface area contributed by atoms with E-state index in [0.717, 1.165) is 18.5 Å². The van der Waals surface area contributed by atoms with Crippen LogP contribution in [0.25, 0.3) is 0 Å². The van der Waals surface area contributed by atoms with Gasteiger partial charge in [-0.2, -0.15) is 5.10 Å². The molecule has 1 unspecified atom stereocenters. The van der Waals surface area contributed by atoms with Gasteiger partial charge in [0.25, 0.3) is 5.91 Å². The molecule has 2 N–H and O–H groups in total. The minimum atomic E-state index is -0.707. The SMILES string of the molecule is CCCc1cc(NC(=O)C(C)Oc2ccc(F)cc2)n[nH]1. The number of nitrogens with zero attached hydrogens (tertiary/aromatic N) is 1. The number of ether oxygens (including phenoxy) is 1. The molecule has 0 aliphatic heterocycles. The predicted octanol–water partition coefficient (Wildman–Crippen LogP) is 2.91. The molecule has 1 atom stereocenters. The normalized spacial score (nSPS) is 12.0. The number of anilines is 1. The minimum absolute atomic E-state index is 0.311. The van der Waals surface area contributed by atoms with Gasteiger partial charge in [0.1, 0.15) is 11.6 Å². The zero-order chi connectivity index (χ0) is 15.2. The summed E-state index contributed by atoms with van der Waals surface area (Å²) in [5, 5.41) is 9.55. The lowest BCUT2D eigenvalue weighted by Gasteiger charge is -2.13. The maximum atomic E-state index is 12.8. The van der Waals surface area contributed by atoms with E-state index in [1.807, 2.05) is 0 Å². The Kier molecular flexibility index (Phi) is 4.92. The summed E-state index contributed by atoms with van der Waals surface area (Å²) in [6.45, 7) is 3.69. The zero-order valence-corrected chi connectivity index (χ0v) is 12.0. The van der Waals surface area contributed by atoms with Gasteiger partial charge >= 0.3 is 0 Å². The number of H-pyrrole nitrogens is 1. The molecule has 1 aromatic carbocycles. The van der Waals surface area contributed by atoms with E-state index in [9.17, 15) is 9.18 Å². The number of nitrogens with one attached hydrogen (secondary N) is 2. The molecule has 0 fully saturated rings. The lowest BCUT2D eigenvalue weighted by Crippen LogP contribution is -2.30. The Bertz CT molecular complexity index is 595. The maximum absolute atomic E-state index is 12.8. The summed E-state index contributed by atoms with van der Waals surface area (Å²) in [6, 6.07) is 7.32. The van der Waals surface area contributed by atoms with Gasteiger partial charge in [-0.25, -0.2) is 4.39 Å². The van der Waals surface area contributed by atoms with Crippen molar-refractivity contribution in [3.63, 3.8) is 0 Å². The van der Waals surface area contributed by atoms with E-state index < -0.39 is 6.10 Å². The van der Waals surface area contributed by atoms with Gasteiger partial charge in [0, 0.05) is 11.8 Å². The van der Waals surface area contributed by atoms with Crippen molar-refractivity contribution >= 4 is 11.7 Å². The standard InChI is InChI=1S/C15H18FN3O2/c1-3-4-12-9-14(19-18-12)17-15(20)10(2)21-13-7-5-11(16)6-8-13/h5-10H,3-4H2,1-2H3,(H2,17,18,19,20). The third-order valence-corrected chi connectivity index (χ3v) is 2.90. The van der Waals surface area contributed by atoms with Crippen LogP contribution in [0.1, 0.15) is 26.0 Å². The molecule has 0 bridgehead atoms. The summed E-state index contributed by atoms with van der Waals surface area (Å²) < 4.78 is 18.2. The van der Waals surface area contributed by atoms with Gasteiger partial charge in [-0.1, -0.05) is 13.3 Å². The molecular weight excluding hydrogens is 273 g/mol. The number of carbonyl (C=O) groups is 1. The predicted molar refractivity (Wildman–Crippen MR) is 77.7 cm³/mol. The van der Waals surface area contributed by atoms with Crippen molar-refractivity contribution in [2.24, 2.45) is 0 Å². The quantitative estimate of drug-likeness (QED) is 0.860. The zero-order valence-electron chi connectivity index (χ0n) is 12.0. The average Bonchev–Trinajstić information content (AvgIpc) is 2.89. The molecule has 0 saturated carbocycles. The third kappa shape index (κ3) is 4.30. The van der Waals surface area contributed by atoms with Crippen LogP contribution in [-0.2, 0) is 11.2 Å². The van der Waals surface area contributed by atoms with E-state index in [2.05, 4.69) is 22.4 Å². The maximum Gasteiger partial charge on any atom is 0.266 e. The van der Waals surface area contributed by atoms with Crippen LogP contribution in [0.15, 0.2) is 30.3 Å². The fourth-order valence-corrected chi connectivity index (χ4v) is 1.82. The van der Waals surface area contributed by atoms with Gasteiger partial charge in [-0.05, 0) is 37.6 Å². The first-order valence-corrected chi connectivity index (χ1v) is 6.86. The van der Waals surface area contributed by atoms with Crippen molar-refractivity contribution in [3.05, 3.63) is 41.8 Å². The van der Waals surface area contributed by atoms with Crippen LogP contribution in [0, 0.1) is 5.82 Å². The van der Waals surface area contributed by atoms with Gasteiger partial charge in [0.05, 0.1) is 0 Å². The van der Waals surface area contributed by atoms with Crippen molar-refractivity contribution in [2.75, 3.05) is 5.32 Å². The van der Waals surface area contributed by atoms with Crippen molar-refractivity contribution < 1.29 is 13.9 Å². The van der Waals surface area contributed by atoms with Gasteiger partial charge < -0.3 is 10.1 Å². The van der Waals surface area contributed by atoms with Crippen molar-refractivity contribution in [3.8, 4) is 5.75 Å². The molecule has 0 radical (unpaired) electrons. The van der Waals surface area contributed by atoms with Gasteiger partial charge in [0.15, 0.2) is 11.9 Å². The van der Waals surface area contributed by atoms with E-state index in [1.54, 1.807) is 13.0 Å². The summed E-state index contributed by atoms with van der Waals surface area (Å²) >= 11 is 0. The Hall–Kier alpha value is -2.37. The Balaban J connectivity index is 1.90. The number of aromatic nitrogens is 2. The van der Waals surface area contributed by atoms with Crippen LogP contribution >= 0.6 is 0 Å². The van der Waals surface area contributed by atoms with Gasteiger partial charge in [-0.15, -0.1) is 0 Å². The fraction of sp³-hybridized carbons (Fsp3) is 0.333. The van der Waals surface area contributed by atoms with E-state index in [4.69, 9.17) is 4.74 Å². The van der Waals surface area contributed by atoms with Crippen molar-refractivity contribution in [2.45, 2.75) is 32.8 Å². The number of hydrogen-bond donors (Lipinski definition) is 2. The first kappa shape index (κ1) is 15.0. The van der Waals surface area contributed by atoms with Crippen LogP contribution in [0.2, 0.25) is 0 Å². The Morgan fingerprint density at radius 1 is 1.43 bits per heavy atom. The van der Waals surface area contributed by atoms with Crippen LogP contribution in [0.4, 0.5) is 10.2 Å². The number of halogens is 1. The van der Waals surface area contributed by atoms with Crippen LogP contribution in [0.5, 0.6) is 5.75 Å². The lowest BCUT2D eigenvalue weighted by molar-refractivity contribution is -0.122. The molecule has 2 rings (SSSR count). The summed E-state index contributed by atoms with van der Waals surface area (Å²) in [5.41, 5.74) is 0.972. The monoisotopic (exact) mass is 291 g/mol. The molecule has 1 amide bonds. The van der Waals surface area contributed by atoms with Crippen molar-refractivity contribution in [1.82, 2.24) is 10.2 Å². The lowest BCUT2D eigenvalue weighted by atomic mass is 10.2.